The first-order chi connectivity index (χ1) is 16.8. The highest BCUT2D eigenvalue weighted by Crippen LogP contribution is 2.20. The smallest absolute Gasteiger partial charge is 0.351 e. The van der Waals surface area contributed by atoms with Crippen LogP contribution in [0.4, 0.5) is 35.2 Å². The van der Waals surface area contributed by atoms with Crippen molar-refractivity contribution in [2.75, 3.05) is 45.9 Å². The number of rotatable bonds is 12. The molecule has 0 fully saturated rings. The summed E-state index contributed by atoms with van der Waals surface area (Å²) < 4.78 is 60.8. The quantitative estimate of drug-likeness (QED) is 0.123. The summed E-state index contributed by atoms with van der Waals surface area (Å²) in [6.45, 7) is -0.462. The van der Waals surface area contributed by atoms with Crippen molar-refractivity contribution in [3.05, 3.63) is 45.2 Å². The minimum Gasteiger partial charge on any atom is -0.353 e. The molecule has 0 atom stereocenters. The summed E-state index contributed by atoms with van der Waals surface area (Å²) in [5.41, 5.74) is -0.685. The van der Waals surface area contributed by atoms with Crippen molar-refractivity contribution in [2.45, 2.75) is 0 Å². The van der Waals surface area contributed by atoms with Crippen LogP contribution in [0.5, 0.6) is 0 Å². The van der Waals surface area contributed by atoms with Gasteiger partial charge in [-0.2, -0.15) is 36.8 Å². The molecular weight excluding hydrogens is 524 g/mol. The van der Waals surface area contributed by atoms with Gasteiger partial charge in [-0.05, 0) is 18.2 Å². The molecule has 0 saturated carbocycles. The molecule has 1 aromatic carbocycles. The molecule has 0 spiro atoms. The monoisotopic (exact) mass is 544 g/mol. The molecule has 0 aliphatic rings. The zero-order valence-electron chi connectivity index (χ0n) is 18.1. The number of hydrogen-bond acceptors (Lipinski definition) is 14. The van der Waals surface area contributed by atoms with E-state index in [2.05, 4.69) is 51.2 Å². The van der Waals surface area contributed by atoms with Gasteiger partial charge in [0.2, 0.25) is 23.8 Å². The van der Waals surface area contributed by atoms with Gasteiger partial charge in [-0.3, -0.25) is 19.1 Å². The summed E-state index contributed by atoms with van der Waals surface area (Å²) in [6.07, 6.45) is 0. The molecule has 3 rings (SSSR count). The van der Waals surface area contributed by atoms with Crippen molar-refractivity contribution in [1.82, 2.24) is 29.9 Å². The first-order valence-electron chi connectivity index (χ1n) is 9.83. The van der Waals surface area contributed by atoms with Crippen molar-refractivity contribution in [3.8, 4) is 0 Å². The first-order valence-corrected chi connectivity index (χ1v) is 13.1. The predicted molar refractivity (Wildman–Crippen MR) is 128 cm³/mol. The molecule has 20 heteroatoms. The molecule has 0 saturated heterocycles. The van der Waals surface area contributed by atoms with Gasteiger partial charge in [-0.25, -0.2) is 9.59 Å². The highest BCUT2D eigenvalue weighted by atomic mass is 32.2. The number of aromatic amines is 2. The lowest BCUT2D eigenvalue weighted by Crippen LogP contribution is -2.21. The van der Waals surface area contributed by atoms with Gasteiger partial charge < -0.3 is 21.3 Å². The van der Waals surface area contributed by atoms with Gasteiger partial charge in [-0.15, -0.1) is 0 Å². The molecular formula is C16H20N10O8S2. The highest BCUT2D eigenvalue weighted by molar-refractivity contribution is 7.86. The highest BCUT2D eigenvalue weighted by Gasteiger charge is 2.09. The van der Waals surface area contributed by atoms with E-state index < -0.39 is 43.1 Å². The molecule has 2 aromatic heterocycles. The fraction of sp³-hybridized carbons (Fsp3) is 0.250. The Bertz CT molecular complexity index is 1440. The average Bonchev–Trinajstić information content (AvgIpc) is 2.71. The van der Waals surface area contributed by atoms with Crippen LogP contribution in [-0.2, 0) is 20.2 Å². The normalized spacial score (nSPS) is 11.6. The Hall–Kier alpha value is -4.14. The second-order valence-electron chi connectivity index (χ2n) is 6.91. The molecule has 2 heterocycles. The van der Waals surface area contributed by atoms with E-state index in [1.807, 2.05) is 0 Å². The zero-order chi connectivity index (χ0) is 26.3. The summed E-state index contributed by atoms with van der Waals surface area (Å²) in [5, 5.41) is 10.7. The standard InChI is InChI=1S/C16H20N10O8S2/c27-15-23-11(17-4-6-35(29,30)31)21-13(25-15)19-9-2-1-3-10(8-9)20-14-22-12(24-16(28)26-14)18-5-7-36(32,33)34/h1-3,8H,4-7H2,(H,29,30,31)(H,32,33,34)(H3,17,19,21,23,25,27)(H3,18,20,22,24,26,28). The van der Waals surface area contributed by atoms with E-state index in [1.54, 1.807) is 24.3 Å². The second-order valence-corrected chi connectivity index (χ2v) is 10.1. The van der Waals surface area contributed by atoms with E-state index >= 15 is 0 Å². The van der Waals surface area contributed by atoms with Gasteiger partial charge in [-0.1, -0.05) is 6.07 Å². The summed E-state index contributed by atoms with van der Waals surface area (Å²) in [6, 6.07) is 6.45. The van der Waals surface area contributed by atoms with Crippen molar-refractivity contribution in [1.29, 1.82) is 0 Å². The maximum Gasteiger partial charge on any atom is 0.351 e. The van der Waals surface area contributed by atoms with Crippen LogP contribution in [0.2, 0.25) is 0 Å². The molecule has 0 aliphatic carbocycles. The Morgan fingerprint density at radius 2 is 1.14 bits per heavy atom. The van der Waals surface area contributed by atoms with Crippen molar-refractivity contribution < 1.29 is 25.9 Å². The topological polar surface area (TPSA) is 274 Å². The fourth-order valence-corrected chi connectivity index (χ4v) is 3.30. The number of nitrogens with one attached hydrogen (secondary N) is 6. The van der Waals surface area contributed by atoms with E-state index in [1.165, 1.54) is 0 Å². The first kappa shape index (κ1) is 26.5. The molecule has 0 unspecified atom stereocenters. The van der Waals surface area contributed by atoms with Gasteiger partial charge in [0.1, 0.15) is 0 Å². The summed E-state index contributed by atoms with van der Waals surface area (Å²) >= 11 is 0. The number of hydrogen-bond donors (Lipinski definition) is 8. The van der Waals surface area contributed by atoms with Crippen molar-refractivity contribution in [3.63, 3.8) is 0 Å². The Labute approximate surface area is 202 Å². The third-order valence-corrected chi connectivity index (χ3v) is 5.42. The van der Waals surface area contributed by atoms with Crippen LogP contribution in [0, 0.1) is 0 Å². The van der Waals surface area contributed by atoms with Crippen LogP contribution in [0.25, 0.3) is 0 Å². The Balaban J connectivity index is 1.70. The minimum atomic E-state index is -4.21. The molecule has 36 heavy (non-hydrogen) atoms. The molecule has 0 bridgehead atoms. The number of aromatic nitrogens is 6. The van der Waals surface area contributed by atoms with Crippen LogP contribution in [-0.4, -0.2) is 80.4 Å². The van der Waals surface area contributed by atoms with Gasteiger partial charge in [0.15, 0.2) is 0 Å². The van der Waals surface area contributed by atoms with E-state index in [4.69, 9.17) is 9.11 Å². The zero-order valence-corrected chi connectivity index (χ0v) is 19.7. The van der Waals surface area contributed by atoms with Gasteiger partial charge >= 0.3 is 11.4 Å². The van der Waals surface area contributed by atoms with Gasteiger partial charge in [0.05, 0.1) is 11.5 Å². The molecule has 18 nitrogen and oxygen atoms in total. The van der Waals surface area contributed by atoms with E-state index in [-0.39, 0.29) is 36.9 Å². The number of anilines is 6. The maximum atomic E-state index is 11.8. The second kappa shape index (κ2) is 11.1. The molecule has 0 aliphatic heterocycles. The van der Waals surface area contributed by atoms with Crippen LogP contribution >= 0.6 is 0 Å². The maximum absolute atomic E-state index is 11.8. The fourth-order valence-electron chi connectivity index (χ4n) is 2.58. The Morgan fingerprint density at radius 1 is 0.722 bits per heavy atom. The largest absolute Gasteiger partial charge is 0.353 e. The Morgan fingerprint density at radius 3 is 1.53 bits per heavy atom. The van der Waals surface area contributed by atoms with Gasteiger partial charge in [0, 0.05) is 24.5 Å². The predicted octanol–water partition coefficient (Wildman–Crippen LogP) is -1.27. The minimum absolute atomic E-state index is 0.0257. The number of nitrogens with zero attached hydrogens (tertiary/aromatic N) is 4. The molecule has 8 N–H and O–H groups in total. The lowest BCUT2D eigenvalue weighted by molar-refractivity contribution is 0.481. The average molecular weight is 545 g/mol. The summed E-state index contributed by atoms with van der Waals surface area (Å²) in [5.74, 6) is -1.62. The molecule has 194 valence electrons. The van der Waals surface area contributed by atoms with E-state index in [0.29, 0.717) is 11.4 Å². The number of benzene rings is 1. The number of H-pyrrole nitrogens is 2. The van der Waals surface area contributed by atoms with Crippen LogP contribution in [0.15, 0.2) is 33.9 Å². The lowest BCUT2D eigenvalue weighted by atomic mass is 10.3. The van der Waals surface area contributed by atoms with Crippen molar-refractivity contribution in [2.24, 2.45) is 0 Å². The molecule has 0 radical (unpaired) electrons. The third-order valence-electron chi connectivity index (χ3n) is 3.98. The van der Waals surface area contributed by atoms with Gasteiger partial charge in [0.25, 0.3) is 20.2 Å². The lowest BCUT2D eigenvalue weighted by Gasteiger charge is -2.10. The van der Waals surface area contributed by atoms with Crippen LogP contribution in [0.1, 0.15) is 0 Å². The van der Waals surface area contributed by atoms with Crippen molar-refractivity contribution >= 4 is 55.4 Å². The van der Waals surface area contributed by atoms with Crippen LogP contribution < -0.4 is 32.6 Å². The summed E-state index contributed by atoms with van der Waals surface area (Å²) in [4.78, 5) is 43.4. The summed E-state index contributed by atoms with van der Waals surface area (Å²) in [7, 11) is -8.41. The molecule has 3 aromatic rings. The Kier molecular flexibility index (Phi) is 8.14. The van der Waals surface area contributed by atoms with E-state index in [9.17, 15) is 26.4 Å². The molecule has 0 amide bonds. The SMILES string of the molecule is O=c1nc(NCCS(=O)(=O)O)nc(Nc2cccc(Nc3nc(NCCS(=O)(=O)O)nc(=O)[nH]3)c2)[nH]1. The third kappa shape index (κ3) is 9.25. The van der Waals surface area contributed by atoms with E-state index in [0.717, 1.165) is 0 Å². The van der Waals surface area contributed by atoms with Crippen LogP contribution in [0.3, 0.4) is 0 Å².